The molecule has 4 heterocycles. The summed E-state index contributed by atoms with van der Waals surface area (Å²) in [6.45, 7) is 0.335. The summed E-state index contributed by atoms with van der Waals surface area (Å²) in [5.74, 6) is -0.00535. The minimum Gasteiger partial charge on any atom is -0.473 e. The molecule has 2 bridgehead atoms. The van der Waals surface area contributed by atoms with Crippen molar-refractivity contribution >= 4 is 17.4 Å². The van der Waals surface area contributed by atoms with Crippen LogP contribution in [0.4, 0.5) is 14.9 Å². The molecule has 1 N–H and O–H groups in total. The van der Waals surface area contributed by atoms with Gasteiger partial charge in [-0.15, -0.1) is 0 Å². The van der Waals surface area contributed by atoms with Crippen LogP contribution < -0.4 is 15.0 Å². The predicted molar refractivity (Wildman–Crippen MR) is 98.6 cm³/mol. The van der Waals surface area contributed by atoms with Crippen LogP contribution in [0.5, 0.6) is 5.88 Å². The average Bonchev–Trinajstić information content (AvgIpc) is 3.41. The first-order chi connectivity index (χ1) is 13.7. The van der Waals surface area contributed by atoms with E-state index < -0.39 is 6.09 Å². The Morgan fingerprint density at radius 1 is 1.32 bits per heavy atom. The first-order valence-electron chi connectivity index (χ1n) is 9.43. The smallest absolute Gasteiger partial charge is 0.414 e. The van der Waals surface area contributed by atoms with E-state index in [0.717, 1.165) is 24.8 Å². The van der Waals surface area contributed by atoms with Crippen molar-refractivity contribution in [1.82, 2.24) is 10.5 Å². The van der Waals surface area contributed by atoms with Crippen LogP contribution in [-0.2, 0) is 4.74 Å². The van der Waals surface area contributed by atoms with Crippen molar-refractivity contribution in [3.8, 4) is 5.88 Å². The second-order valence-electron chi connectivity index (χ2n) is 7.36. The Kier molecular flexibility index (Phi) is 4.27. The number of halogens is 1. The van der Waals surface area contributed by atoms with Gasteiger partial charge in [0.2, 0.25) is 0 Å². The molecule has 2 aromatic rings. The van der Waals surface area contributed by atoms with E-state index in [-0.39, 0.29) is 25.1 Å². The quantitative estimate of drug-likeness (QED) is 0.852. The Hall–Kier alpha value is -2.87. The fourth-order valence-corrected chi connectivity index (χ4v) is 4.19. The van der Waals surface area contributed by atoms with Crippen molar-refractivity contribution in [2.75, 3.05) is 18.1 Å². The van der Waals surface area contributed by atoms with E-state index in [1.807, 2.05) is 0 Å². The van der Waals surface area contributed by atoms with Gasteiger partial charge in [-0.2, -0.15) is 0 Å². The number of nitrogens with zero attached hydrogens (tertiary/aromatic N) is 2. The molecule has 0 aliphatic carbocycles. The fourth-order valence-electron chi connectivity index (χ4n) is 4.19. The number of anilines is 1. The van der Waals surface area contributed by atoms with Gasteiger partial charge in [-0.05, 0) is 48.2 Å². The zero-order valence-electron chi connectivity index (χ0n) is 15.1. The SMILES string of the molecule is O=C1OCC(COc2ccon2)N1c1ccc(C2=CC3CCC(C2)N3)c(F)c1. The Morgan fingerprint density at radius 3 is 3.04 bits per heavy atom. The number of hydrogen-bond donors (Lipinski definition) is 1. The number of hydrogen-bond acceptors (Lipinski definition) is 6. The molecule has 146 valence electrons. The van der Waals surface area contributed by atoms with E-state index in [2.05, 4.69) is 16.5 Å². The third-order valence-corrected chi connectivity index (χ3v) is 5.52. The number of cyclic esters (lactones) is 1. The Bertz CT molecular complexity index is 914. The van der Waals surface area contributed by atoms with Crippen LogP contribution in [-0.4, -0.2) is 42.6 Å². The molecule has 0 radical (unpaired) electrons. The maximum Gasteiger partial charge on any atom is 0.414 e. The topological polar surface area (TPSA) is 76.8 Å². The Morgan fingerprint density at radius 2 is 2.25 bits per heavy atom. The molecule has 3 aliphatic heterocycles. The van der Waals surface area contributed by atoms with Gasteiger partial charge in [0.25, 0.3) is 5.88 Å². The highest BCUT2D eigenvalue weighted by Gasteiger charge is 2.36. The van der Waals surface area contributed by atoms with Crippen LogP contribution in [0.2, 0.25) is 0 Å². The third kappa shape index (κ3) is 3.13. The van der Waals surface area contributed by atoms with E-state index in [1.165, 1.54) is 17.2 Å². The number of amides is 1. The monoisotopic (exact) mass is 385 g/mol. The van der Waals surface area contributed by atoms with Crippen molar-refractivity contribution in [2.24, 2.45) is 0 Å². The molecule has 28 heavy (non-hydrogen) atoms. The molecule has 7 nitrogen and oxygen atoms in total. The van der Waals surface area contributed by atoms with Gasteiger partial charge in [-0.3, -0.25) is 4.90 Å². The van der Waals surface area contributed by atoms with E-state index in [9.17, 15) is 9.18 Å². The van der Waals surface area contributed by atoms with Gasteiger partial charge in [0.15, 0.2) is 0 Å². The summed E-state index contributed by atoms with van der Waals surface area (Å²) in [7, 11) is 0. The molecule has 2 saturated heterocycles. The summed E-state index contributed by atoms with van der Waals surface area (Å²) in [6.07, 6.45) is 6.06. The minimum atomic E-state index is -0.514. The number of carbonyl (C=O) groups is 1. The minimum absolute atomic E-state index is 0.167. The number of carbonyl (C=O) groups excluding carboxylic acids is 1. The number of benzene rings is 1. The van der Waals surface area contributed by atoms with Crippen molar-refractivity contribution < 1.29 is 23.2 Å². The molecule has 3 aliphatic rings. The van der Waals surface area contributed by atoms with Gasteiger partial charge in [0, 0.05) is 23.7 Å². The van der Waals surface area contributed by atoms with Gasteiger partial charge in [-0.25, -0.2) is 9.18 Å². The van der Waals surface area contributed by atoms with Gasteiger partial charge in [0.05, 0.1) is 5.69 Å². The van der Waals surface area contributed by atoms with Gasteiger partial charge >= 0.3 is 6.09 Å². The number of nitrogens with one attached hydrogen (secondary N) is 1. The highest BCUT2D eigenvalue weighted by molar-refractivity contribution is 5.90. The Labute approximate surface area is 161 Å². The zero-order valence-corrected chi connectivity index (χ0v) is 15.1. The summed E-state index contributed by atoms with van der Waals surface area (Å²) < 4.78 is 30.3. The molecule has 1 aromatic carbocycles. The highest BCUT2D eigenvalue weighted by Crippen LogP contribution is 2.35. The fraction of sp³-hybridized carbons (Fsp3) is 0.400. The summed E-state index contributed by atoms with van der Waals surface area (Å²) in [5.41, 5.74) is 2.09. The second-order valence-corrected chi connectivity index (χ2v) is 7.36. The lowest BCUT2D eigenvalue weighted by Gasteiger charge is -2.24. The molecular weight excluding hydrogens is 365 g/mol. The average molecular weight is 385 g/mol. The lowest BCUT2D eigenvalue weighted by atomic mass is 9.95. The van der Waals surface area contributed by atoms with Crippen molar-refractivity contribution in [1.29, 1.82) is 0 Å². The molecular formula is C20H20FN3O4. The number of rotatable bonds is 5. The molecule has 8 heteroatoms. The number of aromatic nitrogens is 1. The second kappa shape index (κ2) is 6.94. The lowest BCUT2D eigenvalue weighted by Crippen LogP contribution is -2.38. The molecule has 1 aromatic heterocycles. The van der Waals surface area contributed by atoms with Crippen LogP contribution in [0.15, 0.2) is 41.1 Å². The van der Waals surface area contributed by atoms with E-state index >= 15 is 0 Å². The maximum atomic E-state index is 14.9. The van der Waals surface area contributed by atoms with E-state index in [1.54, 1.807) is 18.2 Å². The normalized spacial score (nSPS) is 26.3. The molecule has 3 unspecified atom stereocenters. The first-order valence-corrected chi connectivity index (χ1v) is 9.43. The van der Waals surface area contributed by atoms with E-state index in [0.29, 0.717) is 29.2 Å². The highest BCUT2D eigenvalue weighted by atomic mass is 19.1. The standard InChI is InChI=1S/C20H20FN3O4/c21-18-9-15(3-4-17(18)12-7-13-1-2-14(8-12)22-13)24-16(11-27-20(24)25)10-26-19-5-6-28-23-19/h3-7,9,13-14,16,22H,1-2,8,10-11H2. The van der Waals surface area contributed by atoms with Crippen LogP contribution >= 0.6 is 0 Å². The van der Waals surface area contributed by atoms with Crippen LogP contribution in [0, 0.1) is 5.82 Å². The largest absolute Gasteiger partial charge is 0.473 e. The molecule has 5 rings (SSSR count). The zero-order chi connectivity index (χ0) is 19.1. The van der Waals surface area contributed by atoms with Gasteiger partial charge in [-0.1, -0.05) is 6.08 Å². The summed E-state index contributed by atoms with van der Waals surface area (Å²) in [6, 6.07) is 6.88. The first kappa shape index (κ1) is 17.2. The van der Waals surface area contributed by atoms with Crippen LogP contribution in [0.1, 0.15) is 24.8 Å². The van der Waals surface area contributed by atoms with Crippen LogP contribution in [0.3, 0.4) is 0 Å². The lowest BCUT2D eigenvalue weighted by molar-refractivity contribution is 0.174. The molecule has 2 fully saturated rings. The van der Waals surface area contributed by atoms with Crippen molar-refractivity contribution in [3.63, 3.8) is 0 Å². The van der Waals surface area contributed by atoms with Gasteiger partial charge < -0.3 is 19.3 Å². The number of fused-ring (bicyclic) bond motifs is 2. The van der Waals surface area contributed by atoms with Crippen molar-refractivity contribution in [3.05, 3.63) is 48.0 Å². The molecule has 3 atom stereocenters. The molecule has 1 amide bonds. The molecule has 0 saturated carbocycles. The maximum absolute atomic E-state index is 14.9. The summed E-state index contributed by atoms with van der Waals surface area (Å²) in [4.78, 5) is 13.6. The summed E-state index contributed by atoms with van der Waals surface area (Å²) >= 11 is 0. The Balaban J connectivity index is 1.36. The third-order valence-electron chi connectivity index (χ3n) is 5.52. The summed E-state index contributed by atoms with van der Waals surface area (Å²) in [5, 5.41) is 7.18. The number of ether oxygens (including phenoxy) is 2. The van der Waals surface area contributed by atoms with Gasteiger partial charge in [0.1, 0.15) is 31.3 Å². The molecule has 0 spiro atoms. The predicted octanol–water partition coefficient (Wildman–Crippen LogP) is 3.13. The van der Waals surface area contributed by atoms with Crippen molar-refractivity contribution in [2.45, 2.75) is 37.4 Å². The van der Waals surface area contributed by atoms with Crippen LogP contribution in [0.25, 0.3) is 5.57 Å². The van der Waals surface area contributed by atoms with E-state index in [4.69, 9.17) is 14.0 Å².